The van der Waals surface area contributed by atoms with Crippen LogP contribution in [0, 0.1) is 0 Å². The highest BCUT2D eigenvalue weighted by Crippen LogP contribution is 2.36. The highest BCUT2D eigenvalue weighted by atomic mass is 32.2. The zero-order chi connectivity index (χ0) is 17.5. The average molecular weight is 351 g/mol. The fourth-order valence-electron chi connectivity index (χ4n) is 2.87. The van der Waals surface area contributed by atoms with Crippen LogP contribution in [-0.2, 0) is 20.3 Å². The van der Waals surface area contributed by atoms with E-state index in [9.17, 15) is 4.21 Å². The molecule has 0 bridgehead atoms. The van der Waals surface area contributed by atoms with E-state index in [-0.39, 0.29) is 24.4 Å². The van der Waals surface area contributed by atoms with Crippen LogP contribution in [0.25, 0.3) is 0 Å². The van der Waals surface area contributed by atoms with Gasteiger partial charge >= 0.3 is 7.12 Å². The first-order chi connectivity index (χ1) is 11.2. The van der Waals surface area contributed by atoms with Crippen molar-refractivity contribution in [3.8, 4) is 5.75 Å². The molecule has 0 spiro atoms. The van der Waals surface area contributed by atoms with Crippen molar-refractivity contribution >= 4 is 23.6 Å². The normalized spacial score (nSPS) is 29.1. The first-order valence-electron chi connectivity index (χ1n) is 8.38. The molecule has 1 saturated heterocycles. The van der Waals surface area contributed by atoms with E-state index in [0.717, 1.165) is 24.1 Å². The summed E-state index contributed by atoms with van der Waals surface area (Å²) in [6.45, 7) is 8.20. The standard InChI is InChI=1S/C17H26BNO4S/c1-16(2)17(3,4)23-18(22-16)12-6-8-14(9-7-12)21-15-10-13(11-15)19-24(5)20/h6-9,13,15,19H,10-11H2,1-5H3. The fraction of sp³-hybridized carbons (Fsp3) is 0.647. The molecular weight excluding hydrogens is 325 g/mol. The highest BCUT2D eigenvalue weighted by molar-refractivity contribution is 7.82. The molecule has 1 saturated carbocycles. The van der Waals surface area contributed by atoms with E-state index in [1.54, 1.807) is 6.26 Å². The topological polar surface area (TPSA) is 56.8 Å². The van der Waals surface area contributed by atoms with Crippen LogP contribution >= 0.6 is 0 Å². The number of ether oxygens (including phenoxy) is 1. The van der Waals surface area contributed by atoms with Crippen molar-refractivity contribution in [2.24, 2.45) is 0 Å². The van der Waals surface area contributed by atoms with Gasteiger partial charge in [-0.05, 0) is 45.3 Å². The van der Waals surface area contributed by atoms with E-state index in [1.165, 1.54) is 0 Å². The molecule has 0 amide bonds. The zero-order valence-electron chi connectivity index (χ0n) is 15.0. The summed E-state index contributed by atoms with van der Waals surface area (Å²) < 4.78 is 32.2. The van der Waals surface area contributed by atoms with E-state index in [0.29, 0.717) is 6.04 Å². The molecule has 1 aliphatic carbocycles. The number of hydrogen-bond acceptors (Lipinski definition) is 4. The quantitative estimate of drug-likeness (QED) is 0.822. The minimum Gasteiger partial charge on any atom is -0.490 e. The lowest BCUT2D eigenvalue weighted by Crippen LogP contribution is -2.47. The molecule has 1 aromatic carbocycles. The van der Waals surface area contributed by atoms with Crippen molar-refractivity contribution in [3.05, 3.63) is 24.3 Å². The molecule has 5 nitrogen and oxygen atoms in total. The Balaban J connectivity index is 1.55. The van der Waals surface area contributed by atoms with Crippen LogP contribution in [-0.4, -0.2) is 40.9 Å². The van der Waals surface area contributed by atoms with E-state index in [1.807, 2.05) is 24.3 Å². The summed E-state index contributed by atoms with van der Waals surface area (Å²) in [5.74, 6) is 0.844. The Morgan fingerprint density at radius 2 is 1.67 bits per heavy atom. The van der Waals surface area contributed by atoms with Gasteiger partial charge in [0.15, 0.2) is 0 Å². The maximum Gasteiger partial charge on any atom is 0.494 e. The van der Waals surface area contributed by atoms with Crippen LogP contribution in [0.2, 0.25) is 0 Å². The molecule has 1 heterocycles. The van der Waals surface area contributed by atoms with Gasteiger partial charge in [-0.3, -0.25) is 0 Å². The third-order valence-corrected chi connectivity index (χ3v) is 5.80. The van der Waals surface area contributed by atoms with Crippen LogP contribution in [0.1, 0.15) is 40.5 Å². The van der Waals surface area contributed by atoms with Gasteiger partial charge < -0.3 is 14.0 Å². The molecule has 0 radical (unpaired) electrons. The first-order valence-corrected chi connectivity index (χ1v) is 9.94. The van der Waals surface area contributed by atoms with Crippen LogP contribution in [0.4, 0.5) is 0 Å². The lowest BCUT2D eigenvalue weighted by Gasteiger charge is -2.35. The number of rotatable bonds is 5. The summed E-state index contributed by atoms with van der Waals surface area (Å²) in [5, 5.41) is 0. The molecule has 7 heteroatoms. The Morgan fingerprint density at radius 1 is 1.12 bits per heavy atom. The largest absolute Gasteiger partial charge is 0.494 e. The van der Waals surface area contributed by atoms with Gasteiger partial charge in [0, 0.05) is 25.1 Å². The number of nitrogens with one attached hydrogen (secondary N) is 1. The summed E-state index contributed by atoms with van der Waals surface area (Å²) in [7, 11) is -1.30. The molecule has 24 heavy (non-hydrogen) atoms. The second-order valence-corrected chi connectivity index (χ2v) is 8.78. The number of hydrogen-bond donors (Lipinski definition) is 1. The molecular formula is C17H26BNO4S. The lowest BCUT2D eigenvalue weighted by atomic mass is 9.79. The molecule has 2 fully saturated rings. The molecule has 1 aliphatic heterocycles. The van der Waals surface area contributed by atoms with Crippen LogP contribution < -0.4 is 14.9 Å². The van der Waals surface area contributed by atoms with Gasteiger partial charge in [0.1, 0.15) is 11.9 Å². The summed E-state index contributed by atoms with van der Waals surface area (Å²) in [6, 6.07) is 8.20. The molecule has 1 N–H and O–H groups in total. The third-order valence-electron chi connectivity index (χ3n) is 5.14. The lowest BCUT2D eigenvalue weighted by molar-refractivity contribution is 0.00578. The van der Waals surface area contributed by atoms with Gasteiger partial charge in [0.25, 0.3) is 0 Å². The van der Waals surface area contributed by atoms with Crippen molar-refractivity contribution in [2.75, 3.05) is 6.26 Å². The third kappa shape index (κ3) is 3.69. The Hall–Kier alpha value is -0.885. The van der Waals surface area contributed by atoms with E-state index in [2.05, 4.69) is 32.4 Å². The summed E-state index contributed by atoms with van der Waals surface area (Å²) in [6.07, 6.45) is 3.62. The van der Waals surface area contributed by atoms with Crippen molar-refractivity contribution in [3.63, 3.8) is 0 Å². The molecule has 1 aromatic rings. The van der Waals surface area contributed by atoms with Crippen molar-refractivity contribution in [1.82, 2.24) is 4.72 Å². The molecule has 2 aliphatic rings. The SMILES string of the molecule is CS(=O)NC1CC(Oc2ccc(B3OC(C)(C)C(C)(C)O3)cc2)C1. The molecule has 1 unspecified atom stereocenters. The van der Waals surface area contributed by atoms with Crippen molar-refractivity contribution in [2.45, 2.75) is 63.9 Å². The zero-order valence-corrected chi connectivity index (χ0v) is 15.8. The Kier molecular flexibility index (Phi) is 4.81. The van der Waals surface area contributed by atoms with Crippen molar-refractivity contribution < 1.29 is 18.3 Å². The fourth-order valence-corrected chi connectivity index (χ4v) is 3.53. The van der Waals surface area contributed by atoms with E-state index in [4.69, 9.17) is 14.0 Å². The van der Waals surface area contributed by atoms with E-state index < -0.39 is 11.0 Å². The minimum absolute atomic E-state index is 0.189. The minimum atomic E-state index is -0.957. The predicted molar refractivity (Wildman–Crippen MR) is 96.8 cm³/mol. The van der Waals surface area contributed by atoms with Gasteiger partial charge in [-0.1, -0.05) is 12.1 Å². The van der Waals surface area contributed by atoms with Gasteiger partial charge in [-0.2, -0.15) is 0 Å². The Labute approximate surface area is 147 Å². The first kappa shape index (κ1) is 17.9. The Morgan fingerprint density at radius 3 is 2.17 bits per heavy atom. The highest BCUT2D eigenvalue weighted by Gasteiger charge is 2.51. The van der Waals surface area contributed by atoms with Gasteiger partial charge in [-0.15, -0.1) is 0 Å². The Bertz CT molecular complexity index is 598. The molecule has 3 rings (SSSR count). The molecule has 1 atom stereocenters. The monoisotopic (exact) mass is 351 g/mol. The molecule has 132 valence electrons. The van der Waals surface area contributed by atoms with Crippen LogP contribution in [0.3, 0.4) is 0 Å². The van der Waals surface area contributed by atoms with Gasteiger partial charge in [0.2, 0.25) is 0 Å². The van der Waals surface area contributed by atoms with Gasteiger partial charge in [0.05, 0.1) is 22.2 Å². The second kappa shape index (κ2) is 6.44. The molecule has 0 aromatic heterocycles. The van der Waals surface area contributed by atoms with Crippen LogP contribution in [0.5, 0.6) is 5.75 Å². The predicted octanol–water partition coefficient (Wildman–Crippen LogP) is 1.78. The van der Waals surface area contributed by atoms with Crippen LogP contribution in [0.15, 0.2) is 24.3 Å². The summed E-state index contributed by atoms with van der Waals surface area (Å²) >= 11 is 0. The summed E-state index contributed by atoms with van der Waals surface area (Å²) in [5.41, 5.74) is 0.329. The number of benzene rings is 1. The average Bonchev–Trinajstić information content (AvgIpc) is 2.65. The van der Waals surface area contributed by atoms with Gasteiger partial charge in [-0.25, -0.2) is 8.93 Å². The summed E-state index contributed by atoms with van der Waals surface area (Å²) in [4.78, 5) is 0. The maximum absolute atomic E-state index is 11.1. The maximum atomic E-state index is 11.1. The second-order valence-electron chi connectivity index (χ2n) is 7.64. The van der Waals surface area contributed by atoms with E-state index >= 15 is 0 Å². The van der Waals surface area contributed by atoms with Crippen molar-refractivity contribution in [1.29, 1.82) is 0 Å². The smallest absolute Gasteiger partial charge is 0.490 e.